The number of fused-ring (bicyclic) bond motifs is 1. The second-order valence-electron chi connectivity index (χ2n) is 3.61. The molecule has 1 aromatic rings. The van der Waals surface area contributed by atoms with Crippen LogP contribution in [-0.2, 0) is 16.2 Å². The molecule has 1 atom stereocenters. The molecule has 3 nitrogen and oxygen atoms in total. The molecule has 0 saturated heterocycles. The Bertz CT molecular complexity index is 349. The van der Waals surface area contributed by atoms with E-state index in [1.165, 1.54) is 6.33 Å². The Labute approximate surface area is 73.7 Å². The molecule has 2 rings (SSSR count). The van der Waals surface area contributed by atoms with Gasteiger partial charge in [-0.1, -0.05) is 13.8 Å². The van der Waals surface area contributed by atoms with E-state index < -0.39 is 10.8 Å². The predicted octanol–water partition coefficient (Wildman–Crippen LogP) is 0.875. The molecule has 0 N–H and O–H groups in total. The van der Waals surface area contributed by atoms with Gasteiger partial charge in [0.25, 0.3) is 0 Å². The Kier molecular flexibility index (Phi) is 1.54. The summed E-state index contributed by atoms with van der Waals surface area (Å²) in [5.41, 5.74) is 0.888. The maximum absolute atomic E-state index is 11.5. The van der Waals surface area contributed by atoms with Crippen molar-refractivity contribution in [3.8, 4) is 0 Å². The first-order valence-corrected chi connectivity index (χ1v) is 5.12. The van der Waals surface area contributed by atoms with Crippen molar-refractivity contribution in [1.82, 2.24) is 9.97 Å². The van der Waals surface area contributed by atoms with Crippen molar-refractivity contribution in [2.45, 2.75) is 24.2 Å². The normalized spacial score (nSPS) is 25.3. The van der Waals surface area contributed by atoms with Gasteiger partial charge in [-0.25, -0.2) is 9.97 Å². The third-order valence-electron chi connectivity index (χ3n) is 2.06. The van der Waals surface area contributed by atoms with Crippen LogP contribution in [0.5, 0.6) is 0 Å². The van der Waals surface area contributed by atoms with Gasteiger partial charge in [0, 0.05) is 17.4 Å². The van der Waals surface area contributed by atoms with Crippen LogP contribution in [0.4, 0.5) is 0 Å². The molecule has 0 amide bonds. The summed E-state index contributed by atoms with van der Waals surface area (Å²) in [6.45, 7) is 4.12. The van der Waals surface area contributed by atoms with E-state index in [1.807, 2.05) is 0 Å². The Hall–Kier alpha value is -0.770. The number of hydrogen-bond acceptors (Lipinski definition) is 3. The van der Waals surface area contributed by atoms with Crippen LogP contribution in [0.1, 0.15) is 19.5 Å². The molecule has 0 spiro atoms. The first-order chi connectivity index (χ1) is 5.61. The summed E-state index contributed by atoms with van der Waals surface area (Å²) in [6.07, 6.45) is 3.18. The number of hydrogen-bond donors (Lipinski definition) is 0. The standard InChI is InChI=1S/C8H10N2OS/c1-8(2)4-12(11)6-3-9-5-10-7(6)8/h3,5H,4H2,1-2H3. The van der Waals surface area contributed by atoms with Crippen LogP contribution in [0.15, 0.2) is 17.4 Å². The Morgan fingerprint density at radius 1 is 1.58 bits per heavy atom. The summed E-state index contributed by atoms with van der Waals surface area (Å²) in [5, 5.41) is 0. The second kappa shape index (κ2) is 2.36. The van der Waals surface area contributed by atoms with E-state index in [-0.39, 0.29) is 5.41 Å². The summed E-state index contributed by atoms with van der Waals surface area (Å²) < 4.78 is 11.5. The van der Waals surface area contributed by atoms with Crippen molar-refractivity contribution in [1.29, 1.82) is 0 Å². The van der Waals surface area contributed by atoms with Gasteiger partial charge in [-0.15, -0.1) is 0 Å². The highest BCUT2D eigenvalue weighted by molar-refractivity contribution is 7.85. The largest absolute Gasteiger partial charge is 0.254 e. The first-order valence-electron chi connectivity index (χ1n) is 3.80. The number of aromatic nitrogens is 2. The third-order valence-corrected chi connectivity index (χ3v) is 3.83. The summed E-state index contributed by atoms with van der Waals surface area (Å²) in [7, 11) is -0.892. The zero-order chi connectivity index (χ0) is 8.77. The maximum atomic E-state index is 11.5. The van der Waals surface area contributed by atoms with Gasteiger partial charge in [0.2, 0.25) is 0 Å². The Morgan fingerprint density at radius 2 is 2.33 bits per heavy atom. The van der Waals surface area contributed by atoms with Crippen LogP contribution in [-0.4, -0.2) is 19.9 Å². The van der Waals surface area contributed by atoms with Gasteiger partial charge in [0.15, 0.2) is 0 Å². The zero-order valence-electron chi connectivity index (χ0n) is 7.07. The minimum absolute atomic E-state index is 0.0524. The lowest BCUT2D eigenvalue weighted by Gasteiger charge is -2.14. The minimum atomic E-state index is -0.892. The van der Waals surface area contributed by atoms with E-state index in [4.69, 9.17) is 0 Å². The molecule has 0 saturated carbocycles. The minimum Gasteiger partial charge on any atom is -0.254 e. The highest BCUT2D eigenvalue weighted by atomic mass is 32.2. The Morgan fingerprint density at radius 3 is 3.00 bits per heavy atom. The average molecular weight is 182 g/mol. The van der Waals surface area contributed by atoms with Crippen LogP contribution < -0.4 is 0 Å². The first kappa shape index (κ1) is 7.86. The molecule has 0 aromatic carbocycles. The van der Waals surface area contributed by atoms with E-state index in [0.29, 0.717) is 5.75 Å². The molecule has 0 fully saturated rings. The van der Waals surface area contributed by atoms with Crippen molar-refractivity contribution in [3.05, 3.63) is 18.2 Å². The quantitative estimate of drug-likeness (QED) is 0.598. The molecule has 1 aromatic heterocycles. The van der Waals surface area contributed by atoms with Crippen LogP contribution >= 0.6 is 0 Å². The number of rotatable bonds is 0. The zero-order valence-corrected chi connectivity index (χ0v) is 7.89. The van der Waals surface area contributed by atoms with Gasteiger partial charge >= 0.3 is 0 Å². The fourth-order valence-corrected chi connectivity index (χ4v) is 3.14. The van der Waals surface area contributed by atoms with E-state index in [2.05, 4.69) is 23.8 Å². The molecule has 0 bridgehead atoms. The van der Waals surface area contributed by atoms with Crippen molar-refractivity contribution in [2.24, 2.45) is 0 Å². The van der Waals surface area contributed by atoms with Gasteiger partial charge in [-0.05, 0) is 0 Å². The summed E-state index contributed by atoms with van der Waals surface area (Å²) in [6, 6.07) is 0. The summed E-state index contributed by atoms with van der Waals surface area (Å²) in [4.78, 5) is 8.83. The SMILES string of the molecule is CC1(C)CS(=O)c2cncnc21. The molecule has 0 aliphatic carbocycles. The van der Waals surface area contributed by atoms with Crippen molar-refractivity contribution >= 4 is 10.8 Å². The maximum Gasteiger partial charge on any atom is 0.115 e. The smallest absolute Gasteiger partial charge is 0.115 e. The van der Waals surface area contributed by atoms with Crippen molar-refractivity contribution in [3.63, 3.8) is 0 Å². The van der Waals surface area contributed by atoms with Crippen LogP contribution in [0.3, 0.4) is 0 Å². The van der Waals surface area contributed by atoms with Crippen LogP contribution in [0, 0.1) is 0 Å². The van der Waals surface area contributed by atoms with E-state index in [0.717, 1.165) is 10.6 Å². The summed E-state index contributed by atoms with van der Waals surface area (Å²) >= 11 is 0. The van der Waals surface area contributed by atoms with Gasteiger partial charge < -0.3 is 0 Å². The van der Waals surface area contributed by atoms with Crippen molar-refractivity contribution in [2.75, 3.05) is 5.75 Å². The molecule has 12 heavy (non-hydrogen) atoms. The van der Waals surface area contributed by atoms with Gasteiger partial charge in [-0.2, -0.15) is 0 Å². The highest BCUT2D eigenvalue weighted by Crippen LogP contribution is 2.34. The molecule has 1 unspecified atom stereocenters. The molecule has 4 heteroatoms. The molecular formula is C8H10N2OS. The third kappa shape index (κ3) is 0.982. The molecule has 2 heterocycles. The fourth-order valence-electron chi connectivity index (χ4n) is 1.47. The highest BCUT2D eigenvalue weighted by Gasteiger charge is 2.36. The molecule has 64 valence electrons. The molecule has 1 aliphatic rings. The molecule has 0 radical (unpaired) electrons. The van der Waals surface area contributed by atoms with Crippen molar-refractivity contribution < 1.29 is 4.21 Å². The van der Waals surface area contributed by atoms with Gasteiger partial charge in [-0.3, -0.25) is 4.21 Å². The van der Waals surface area contributed by atoms with E-state index in [1.54, 1.807) is 6.20 Å². The second-order valence-corrected chi connectivity index (χ2v) is 5.03. The van der Waals surface area contributed by atoms with E-state index in [9.17, 15) is 4.21 Å². The van der Waals surface area contributed by atoms with Gasteiger partial charge in [0.05, 0.1) is 21.4 Å². The topological polar surface area (TPSA) is 42.9 Å². The number of nitrogens with zero attached hydrogens (tertiary/aromatic N) is 2. The monoisotopic (exact) mass is 182 g/mol. The van der Waals surface area contributed by atoms with Gasteiger partial charge in [0.1, 0.15) is 6.33 Å². The van der Waals surface area contributed by atoms with Crippen LogP contribution in [0.2, 0.25) is 0 Å². The Balaban J connectivity index is 2.66. The molecular weight excluding hydrogens is 172 g/mol. The molecule has 1 aliphatic heterocycles. The van der Waals surface area contributed by atoms with E-state index >= 15 is 0 Å². The van der Waals surface area contributed by atoms with Crippen LogP contribution in [0.25, 0.3) is 0 Å². The predicted molar refractivity (Wildman–Crippen MR) is 46.3 cm³/mol. The fraction of sp³-hybridized carbons (Fsp3) is 0.500. The lowest BCUT2D eigenvalue weighted by molar-refractivity contribution is 0.575. The average Bonchev–Trinajstić information content (AvgIpc) is 2.25. The summed E-state index contributed by atoms with van der Waals surface area (Å²) in [5.74, 6) is 0.668. The lowest BCUT2D eigenvalue weighted by atomic mass is 9.92. The lowest BCUT2D eigenvalue weighted by Crippen LogP contribution is -2.18.